The van der Waals surface area contributed by atoms with Gasteiger partial charge in [0.05, 0.1) is 11.9 Å². The molecule has 0 saturated heterocycles. The highest BCUT2D eigenvalue weighted by Crippen LogP contribution is 2.58. The van der Waals surface area contributed by atoms with E-state index in [4.69, 9.17) is 8.92 Å². The van der Waals surface area contributed by atoms with Gasteiger partial charge < -0.3 is 4.74 Å². The van der Waals surface area contributed by atoms with Gasteiger partial charge in [0.15, 0.2) is 0 Å². The molecule has 5 nitrogen and oxygen atoms in total. The first-order chi connectivity index (χ1) is 9.67. The van der Waals surface area contributed by atoms with Crippen LogP contribution >= 0.6 is 0 Å². The van der Waals surface area contributed by atoms with Crippen LogP contribution < -0.4 is 0 Å². The lowest BCUT2D eigenvalue weighted by Gasteiger charge is -2.58. The van der Waals surface area contributed by atoms with E-state index < -0.39 is 15.7 Å². The first kappa shape index (κ1) is 15.0. The smallest absolute Gasteiger partial charge is 0.333 e. The molecule has 2 unspecified atom stereocenters. The van der Waals surface area contributed by atoms with E-state index in [2.05, 4.69) is 6.58 Å². The molecule has 2 atom stereocenters. The van der Waals surface area contributed by atoms with E-state index in [1.165, 1.54) is 0 Å². The number of esters is 1. The number of carbonyl (C=O) groups is 1. The average Bonchev–Trinajstić information content (AvgIpc) is 2.29. The third kappa shape index (κ3) is 2.88. The summed E-state index contributed by atoms with van der Waals surface area (Å²) in [6, 6.07) is 0. The van der Waals surface area contributed by atoms with Crippen LogP contribution in [0.15, 0.2) is 12.2 Å². The Morgan fingerprint density at radius 2 is 1.76 bits per heavy atom. The van der Waals surface area contributed by atoms with Crippen molar-refractivity contribution in [3.05, 3.63) is 12.2 Å². The summed E-state index contributed by atoms with van der Waals surface area (Å²) in [4.78, 5) is 11.8. The Hall–Kier alpha value is -0.880. The van der Waals surface area contributed by atoms with Crippen molar-refractivity contribution in [3.63, 3.8) is 0 Å². The molecule has 4 aliphatic rings. The highest BCUT2D eigenvalue weighted by atomic mass is 32.2. The molecule has 0 aromatic carbocycles. The Kier molecular flexibility index (Phi) is 3.44. The molecule has 0 aromatic rings. The van der Waals surface area contributed by atoms with Crippen molar-refractivity contribution >= 4 is 16.1 Å². The minimum absolute atomic E-state index is 0.109. The fraction of sp³-hybridized carbons (Fsp3) is 0.800. The van der Waals surface area contributed by atoms with Gasteiger partial charge in [0.25, 0.3) is 10.1 Å². The fourth-order valence-electron chi connectivity index (χ4n) is 4.74. The standard InChI is InChI=1S/C15H22O5S/c1-9(2)14(16)19-13-11-4-10-5-12(13)8-15(6-10,7-11)20-21(3,17)18/h10-13H,1,4-8H2,2-3H3. The van der Waals surface area contributed by atoms with Crippen LogP contribution in [-0.4, -0.2) is 32.3 Å². The van der Waals surface area contributed by atoms with Crippen molar-refractivity contribution in [1.29, 1.82) is 0 Å². The predicted octanol–water partition coefficient (Wildman–Crippen LogP) is 2.03. The second-order valence-electron chi connectivity index (χ2n) is 7.09. The van der Waals surface area contributed by atoms with Crippen LogP contribution in [0.3, 0.4) is 0 Å². The molecule has 4 bridgehead atoms. The van der Waals surface area contributed by atoms with Crippen LogP contribution in [0, 0.1) is 17.8 Å². The first-order valence-corrected chi connectivity index (χ1v) is 9.26. The lowest BCUT2D eigenvalue weighted by molar-refractivity contribution is -0.188. The van der Waals surface area contributed by atoms with Gasteiger partial charge in [-0.3, -0.25) is 4.18 Å². The largest absolute Gasteiger partial charge is 0.458 e. The van der Waals surface area contributed by atoms with Gasteiger partial charge in [0.2, 0.25) is 0 Å². The summed E-state index contributed by atoms with van der Waals surface area (Å²) < 4.78 is 34.2. The Morgan fingerprint density at radius 3 is 2.24 bits per heavy atom. The molecule has 0 heterocycles. The maximum Gasteiger partial charge on any atom is 0.333 e. The Morgan fingerprint density at radius 1 is 1.19 bits per heavy atom. The average molecular weight is 314 g/mol. The van der Waals surface area contributed by atoms with Crippen LogP contribution in [0.2, 0.25) is 0 Å². The summed E-state index contributed by atoms with van der Waals surface area (Å²) in [5, 5.41) is 0. The second-order valence-corrected chi connectivity index (χ2v) is 8.67. The lowest BCUT2D eigenvalue weighted by Crippen LogP contribution is -2.59. The molecule has 118 valence electrons. The second kappa shape index (κ2) is 4.81. The van der Waals surface area contributed by atoms with Crippen LogP contribution in [0.25, 0.3) is 0 Å². The molecule has 0 spiro atoms. The molecule has 4 aliphatic carbocycles. The maximum atomic E-state index is 11.8. The molecular formula is C15H22O5S. The van der Waals surface area contributed by atoms with Crippen LogP contribution in [0.5, 0.6) is 0 Å². The highest BCUT2D eigenvalue weighted by Gasteiger charge is 2.58. The van der Waals surface area contributed by atoms with E-state index >= 15 is 0 Å². The van der Waals surface area contributed by atoms with Crippen LogP contribution in [0.4, 0.5) is 0 Å². The SMILES string of the molecule is C=C(C)C(=O)OC1C2CC3CC1CC(OS(C)(=O)=O)(C3)C2. The Balaban J connectivity index is 1.79. The summed E-state index contributed by atoms with van der Waals surface area (Å²) in [5.74, 6) is 0.567. The molecule has 0 N–H and O–H groups in total. The van der Waals surface area contributed by atoms with Crippen molar-refractivity contribution in [2.75, 3.05) is 6.26 Å². The maximum absolute atomic E-state index is 11.8. The van der Waals surface area contributed by atoms with Gasteiger partial charge in [-0.05, 0) is 56.8 Å². The van der Waals surface area contributed by atoms with Crippen molar-refractivity contribution in [1.82, 2.24) is 0 Å². The molecule has 0 aliphatic heterocycles. The fourth-order valence-corrected chi connectivity index (χ4v) is 5.59. The molecule has 21 heavy (non-hydrogen) atoms. The lowest BCUT2D eigenvalue weighted by atomic mass is 9.53. The summed E-state index contributed by atoms with van der Waals surface area (Å²) in [6.45, 7) is 5.27. The van der Waals surface area contributed by atoms with E-state index in [1.807, 2.05) is 0 Å². The molecule has 0 radical (unpaired) electrons. The molecule has 4 saturated carbocycles. The van der Waals surface area contributed by atoms with Crippen molar-refractivity contribution < 1.29 is 22.1 Å². The number of ether oxygens (including phenoxy) is 1. The third-order valence-electron chi connectivity index (χ3n) is 5.05. The third-order valence-corrected chi connectivity index (χ3v) is 5.71. The van der Waals surface area contributed by atoms with Gasteiger partial charge in [0, 0.05) is 5.57 Å². The summed E-state index contributed by atoms with van der Waals surface area (Å²) in [5.41, 5.74) is -0.151. The van der Waals surface area contributed by atoms with E-state index in [0.717, 1.165) is 25.5 Å². The molecule has 0 aromatic heterocycles. The number of rotatable bonds is 4. The number of hydrogen-bond donors (Lipinski definition) is 0. The Labute approximate surface area is 125 Å². The minimum Gasteiger partial charge on any atom is -0.458 e. The predicted molar refractivity (Wildman–Crippen MR) is 76.9 cm³/mol. The van der Waals surface area contributed by atoms with Crippen LogP contribution in [-0.2, 0) is 23.8 Å². The first-order valence-electron chi connectivity index (χ1n) is 7.44. The Bertz CT molecular complexity index is 563. The summed E-state index contributed by atoms with van der Waals surface area (Å²) in [6.07, 6.45) is 5.15. The summed E-state index contributed by atoms with van der Waals surface area (Å²) in [7, 11) is -3.46. The van der Waals surface area contributed by atoms with E-state index in [0.29, 0.717) is 24.3 Å². The van der Waals surface area contributed by atoms with Gasteiger partial charge in [-0.1, -0.05) is 6.58 Å². The van der Waals surface area contributed by atoms with E-state index in [1.54, 1.807) is 6.92 Å². The van der Waals surface area contributed by atoms with Gasteiger partial charge in [0.1, 0.15) is 6.10 Å². The van der Waals surface area contributed by atoms with Gasteiger partial charge in [-0.15, -0.1) is 0 Å². The molecular weight excluding hydrogens is 292 g/mol. The summed E-state index contributed by atoms with van der Waals surface area (Å²) >= 11 is 0. The molecule has 4 rings (SSSR count). The van der Waals surface area contributed by atoms with E-state index in [-0.39, 0.29) is 23.9 Å². The normalized spacial score (nSPS) is 41.0. The minimum atomic E-state index is -3.46. The van der Waals surface area contributed by atoms with E-state index in [9.17, 15) is 13.2 Å². The zero-order valence-corrected chi connectivity index (χ0v) is 13.3. The van der Waals surface area contributed by atoms with Crippen molar-refractivity contribution in [2.45, 2.75) is 50.7 Å². The molecule has 6 heteroatoms. The highest BCUT2D eigenvalue weighted by molar-refractivity contribution is 7.86. The zero-order valence-electron chi connectivity index (χ0n) is 12.5. The zero-order chi connectivity index (χ0) is 15.4. The quantitative estimate of drug-likeness (QED) is 0.451. The topological polar surface area (TPSA) is 69.7 Å². The molecule has 0 amide bonds. The van der Waals surface area contributed by atoms with Gasteiger partial charge in [-0.2, -0.15) is 8.42 Å². The monoisotopic (exact) mass is 314 g/mol. The van der Waals surface area contributed by atoms with Crippen molar-refractivity contribution in [3.8, 4) is 0 Å². The van der Waals surface area contributed by atoms with Crippen molar-refractivity contribution in [2.24, 2.45) is 17.8 Å². The van der Waals surface area contributed by atoms with Crippen LogP contribution in [0.1, 0.15) is 39.0 Å². The molecule has 4 fully saturated rings. The number of hydrogen-bond acceptors (Lipinski definition) is 5. The van der Waals surface area contributed by atoms with Gasteiger partial charge >= 0.3 is 5.97 Å². The van der Waals surface area contributed by atoms with Gasteiger partial charge in [-0.25, -0.2) is 4.79 Å². The number of carbonyl (C=O) groups excluding carboxylic acids is 1.